The fourth-order valence-electron chi connectivity index (χ4n) is 11.4. The standard InChI is InChI=1S/C43H62N2O3/c1-29(2)10-9-11-30(3)37-20-21-38-36-19-18-34-26-35(22-24-42(34,4)39(36)23-25-43(37,38)5)45-40(46)33-16-14-31(15-17-33)27-44-41(47)48-28-32-12-7-6-8-13-32/h6-8,12-17,29-30,34-39H,9-11,18-28H2,1-5H3,(H,44,47)(H,45,46)/t30-,34?,35-,36+,37-,38+,39+,42+,43-/m1/s1. The Balaban J connectivity index is 0.978. The third-order valence-electron chi connectivity index (χ3n) is 14.1. The first-order valence-corrected chi connectivity index (χ1v) is 19.4. The number of fused-ring (bicyclic) bond motifs is 5. The van der Waals surface area contributed by atoms with Gasteiger partial charge in [0.05, 0.1) is 0 Å². The van der Waals surface area contributed by atoms with Crippen LogP contribution in [0.2, 0.25) is 0 Å². The van der Waals surface area contributed by atoms with Gasteiger partial charge in [-0.1, -0.05) is 96.3 Å². The first-order chi connectivity index (χ1) is 23.1. The lowest BCUT2D eigenvalue weighted by molar-refractivity contribution is -0.117. The lowest BCUT2D eigenvalue weighted by atomic mass is 9.44. The second kappa shape index (κ2) is 15.0. The van der Waals surface area contributed by atoms with Crippen molar-refractivity contribution in [2.24, 2.45) is 52.3 Å². The molecule has 2 N–H and O–H groups in total. The van der Waals surface area contributed by atoms with Crippen molar-refractivity contribution in [2.45, 2.75) is 131 Å². The Hall–Kier alpha value is -2.82. The van der Waals surface area contributed by atoms with E-state index >= 15 is 0 Å². The Morgan fingerprint density at radius 1 is 0.812 bits per heavy atom. The summed E-state index contributed by atoms with van der Waals surface area (Å²) in [7, 11) is 0. The summed E-state index contributed by atoms with van der Waals surface area (Å²) in [6.45, 7) is 13.3. The molecule has 0 spiro atoms. The fraction of sp³-hybridized carbons (Fsp3) is 0.674. The number of ether oxygens (including phenoxy) is 1. The topological polar surface area (TPSA) is 67.4 Å². The summed E-state index contributed by atoms with van der Waals surface area (Å²) < 4.78 is 5.31. The third-order valence-corrected chi connectivity index (χ3v) is 14.1. The fourth-order valence-corrected chi connectivity index (χ4v) is 11.4. The monoisotopic (exact) mass is 654 g/mol. The van der Waals surface area contributed by atoms with E-state index in [0.29, 0.717) is 28.9 Å². The Kier molecular flexibility index (Phi) is 10.9. The molecular weight excluding hydrogens is 592 g/mol. The normalized spacial score (nSPS) is 33.2. The molecule has 0 radical (unpaired) electrons. The summed E-state index contributed by atoms with van der Waals surface area (Å²) in [5.74, 6) is 6.02. The van der Waals surface area contributed by atoms with Gasteiger partial charge in [0.1, 0.15) is 6.61 Å². The molecule has 5 heteroatoms. The Morgan fingerprint density at radius 2 is 1.54 bits per heavy atom. The van der Waals surface area contributed by atoms with Crippen LogP contribution in [0.4, 0.5) is 4.79 Å². The van der Waals surface area contributed by atoms with Crippen LogP contribution in [0.5, 0.6) is 0 Å². The minimum absolute atomic E-state index is 0.0204. The van der Waals surface area contributed by atoms with E-state index in [1.165, 1.54) is 64.2 Å². The van der Waals surface area contributed by atoms with E-state index < -0.39 is 6.09 Å². The van der Waals surface area contributed by atoms with Gasteiger partial charge in [0.2, 0.25) is 0 Å². The van der Waals surface area contributed by atoms with Gasteiger partial charge in [-0.05, 0) is 133 Å². The number of carbonyl (C=O) groups is 2. The molecule has 2 aromatic rings. The molecule has 262 valence electrons. The first-order valence-electron chi connectivity index (χ1n) is 19.4. The van der Waals surface area contributed by atoms with Crippen molar-refractivity contribution < 1.29 is 14.3 Å². The molecule has 4 aliphatic carbocycles. The lowest BCUT2D eigenvalue weighted by Crippen LogP contribution is -2.55. The number of alkyl carbamates (subject to hydrolysis) is 1. The maximum Gasteiger partial charge on any atom is 0.407 e. The summed E-state index contributed by atoms with van der Waals surface area (Å²) in [5, 5.41) is 6.22. The van der Waals surface area contributed by atoms with E-state index in [9.17, 15) is 9.59 Å². The van der Waals surface area contributed by atoms with Gasteiger partial charge in [-0.25, -0.2) is 4.79 Å². The number of rotatable bonds is 11. The summed E-state index contributed by atoms with van der Waals surface area (Å²) >= 11 is 0. The van der Waals surface area contributed by atoms with E-state index in [-0.39, 0.29) is 18.6 Å². The van der Waals surface area contributed by atoms with Crippen molar-refractivity contribution >= 4 is 12.0 Å². The van der Waals surface area contributed by atoms with Crippen molar-refractivity contribution in [2.75, 3.05) is 0 Å². The van der Waals surface area contributed by atoms with Crippen molar-refractivity contribution in [3.63, 3.8) is 0 Å². The van der Waals surface area contributed by atoms with E-state index in [4.69, 9.17) is 4.74 Å². The zero-order chi connectivity index (χ0) is 33.9. The van der Waals surface area contributed by atoms with Crippen LogP contribution >= 0.6 is 0 Å². The molecule has 6 rings (SSSR count). The molecule has 9 atom stereocenters. The smallest absolute Gasteiger partial charge is 0.407 e. The maximum absolute atomic E-state index is 13.3. The van der Waals surface area contributed by atoms with Gasteiger partial charge in [0.25, 0.3) is 5.91 Å². The molecule has 1 unspecified atom stereocenters. The Morgan fingerprint density at radius 3 is 2.29 bits per heavy atom. The molecule has 5 nitrogen and oxygen atoms in total. The highest BCUT2D eigenvalue weighted by atomic mass is 16.5. The van der Waals surface area contributed by atoms with E-state index in [0.717, 1.165) is 59.5 Å². The minimum Gasteiger partial charge on any atom is -0.445 e. The number of benzene rings is 2. The average molecular weight is 655 g/mol. The summed E-state index contributed by atoms with van der Waals surface area (Å²) in [4.78, 5) is 25.5. The number of carbonyl (C=O) groups excluding carboxylic acids is 2. The molecule has 2 aromatic carbocycles. The lowest BCUT2D eigenvalue weighted by Gasteiger charge is -2.61. The molecule has 48 heavy (non-hydrogen) atoms. The van der Waals surface area contributed by atoms with Crippen LogP contribution in [0, 0.1) is 52.3 Å². The second-order valence-corrected chi connectivity index (χ2v) is 17.2. The number of nitrogens with one attached hydrogen (secondary N) is 2. The molecule has 4 saturated carbocycles. The van der Waals surface area contributed by atoms with E-state index in [1.54, 1.807) is 0 Å². The van der Waals surface area contributed by atoms with Crippen LogP contribution in [0.25, 0.3) is 0 Å². The van der Waals surface area contributed by atoms with Crippen molar-refractivity contribution in [1.29, 1.82) is 0 Å². The van der Waals surface area contributed by atoms with Gasteiger partial charge >= 0.3 is 6.09 Å². The van der Waals surface area contributed by atoms with Crippen LogP contribution in [0.3, 0.4) is 0 Å². The van der Waals surface area contributed by atoms with Gasteiger partial charge < -0.3 is 15.4 Å². The van der Waals surface area contributed by atoms with Gasteiger partial charge in [-0.3, -0.25) is 4.79 Å². The Labute approximate surface area is 290 Å². The summed E-state index contributed by atoms with van der Waals surface area (Å²) in [6, 6.07) is 17.5. The van der Waals surface area contributed by atoms with Crippen LogP contribution in [-0.4, -0.2) is 18.0 Å². The molecular formula is C43H62N2O3. The summed E-state index contributed by atoms with van der Waals surface area (Å²) in [5.41, 5.74) is 3.54. The van der Waals surface area contributed by atoms with Crippen molar-refractivity contribution in [1.82, 2.24) is 10.6 Å². The predicted octanol–water partition coefficient (Wildman–Crippen LogP) is 10.3. The van der Waals surface area contributed by atoms with Crippen LogP contribution in [0.15, 0.2) is 54.6 Å². The highest BCUT2D eigenvalue weighted by molar-refractivity contribution is 5.94. The molecule has 4 aliphatic rings. The third kappa shape index (κ3) is 7.50. The quantitative estimate of drug-likeness (QED) is 0.253. The first kappa shape index (κ1) is 35.0. The minimum atomic E-state index is -0.448. The molecule has 0 saturated heterocycles. The highest BCUT2D eigenvalue weighted by Gasteiger charge is 2.60. The number of amides is 2. The van der Waals surface area contributed by atoms with Gasteiger partial charge in [0.15, 0.2) is 0 Å². The summed E-state index contributed by atoms with van der Waals surface area (Å²) in [6.07, 6.45) is 15.7. The maximum atomic E-state index is 13.3. The van der Waals surface area contributed by atoms with E-state index in [1.807, 2.05) is 54.6 Å². The number of hydrogen-bond acceptors (Lipinski definition) is 3. The van der Waals surface area contributed by atoms with E-state index in [2.05, 4.69) is 45.3 Å². The highest BCUT2D eigenvalue weighted by Crippen LogP contribution is 2.68. The molecule has 0 aromatic heterocycles. The van der Waals surface area contributed by atoms with Crippen LogP contribution < -0.4 is 10.6 Å². The zero-order valence-corrected chi connectivity index (χ0v) is 30.4. The van der Waals surface area contributed by atoms with Crippen LogP contribution in [-0.2, 0) is 17.9 Å². The van der Waals surface area contributed by atoms with Gasteiger partial charge in [-0.15, -0.1) is 0 Å². The Bertz CT molecular complexity index is 1370. The van der Waals surface area contributed by atoms with Crippen molar-refractivity contribution in [3.05, 3.63) is 71.3 Å². The zero-order valence-electron chi connectivity index (χ0n) is 30.4. The van der Waals surface area contributed by atoms with Crippen molar-refractivity contribution in [3.8, 4) is 0 Å². The van der Waals surface area contributed by atoms with Gasteiger partial charge in [0, 0.05) is 18.2 Å². The average Bonchev–Trinajstić information content (AvgIpc) is 3.44. The van der Waals surface area contributed by atoms with Gasteiger partial charge in [-0.2, -0.15) is 0 Å². The predicted molar refractivity (Wildman–Crippen MR) is 194 cm³/mol. The largest absolute Gasteiger partial charge is 0.445 e. The van der Waals surface area contributed by atoms with Crippen LogP contribution in [0.1, 0.15) is 133 Å². The second-order valence-electron chi connectivity index (χ2n) is 17.2. The molecule has 2 amide bonds. The molecule has 0 bridgehead atoms. The molecule has 0 aliphatic heterocycles. The molecule has 4 fully saturated rings. The molecule has 0 heterocycles. The SMILES string of the molecule is CC(C)CCC[C@@H](C)[C@H]1CC[C@H]2[C@@H]3CCC4C[C@H](NC(=O)c5ccc(CNC(=O)OCc6ccccc6)cc5)CC[C@]4(C)[C@H]3CC[C@]12C. The number of hydrogen-bond donors (Lipinski definition) is 2.